The fourth-order valence-electron chi connectivity index (χ4n) is 3.28. The number of ether oxygens (including phenoxy) is 1. The topological polar surface area (TPSA) is 9.23 Å². The first-order valence-electron chi connectivity index (χ1n) is 6.33. The monoisotopic (exact) mass is 242 g/mol. The molecule has 0 N–H and O–H groups in total. The van der Waals surface area contributed by atoms with E-state index < -0.39 is 11.5 Å². The van der Waals surface area contributed by atoms with Gasteiger partial charge in [-0.3, -0.25) is 0 Å². The van der Waals surface area contributed by atoms with Crippen molar-refractivity contribution in [2.75, 3.05) is 0 Å². The molecule has 0 heterocycles. The fourth-order valence-corrected chi connectivity index (χ4v) is 3.28. The van der Waals surface area contributed by atoms with Crippen LogP contribution in [-0.4, -0.2) is 11.5 Å². The highest BCUT2D eigenvalue weighted by atomic mass is 19.2. The number of hydrogen-bond donors (Lipinski definition) is 0. The number of fused-ring (bicyclic) bond motifs is 2. The molecule has 1 saturated carbocycles. The van der Waals surface area contributed by atoms with Crippen LogP contribution in [-0.2, 0) is 4.74 Å². The van der Waals surface area contributed by atoms with Gasteiger partial charge < -0.3 is 4.74 Å². The molecule has 2 rings (SSSR count). The van der Waals surface area contributed by atoms with Gasteiger partial charge in [-0.15, -0.1) is 0 Å². The Balaban J connectivity index is 0.00000144. The van der Waals surface area contributed by atoms with Crippen molar-refractivity contribution in [2.24, 2.45) is 17.8 Å². The fraction of sp³-hybridized carbons (Fsp3) is 0.867. The van der Waals surface area contributed by atoms with E-state index in [0.717, 1.165) is 6.42 Å². The second-order valence-corrected chi connectivity index (χ2v) is 6.56. The Bertz CT molecular complexity index is 288. The van der Waals surface area contributed by atoms with E-state index in [-0.39, 0.29) is 7.43 Å². The Morgan fingerprint density at radius 2 is 1.82 bits per heavy atom. The lowest BCUT2D eigenvalue weighted by Gasteiger charge is -2.33. The molecular formula is C15H27FO. The second kappa shape index (κ2) is 4.72. The van der Waals surface area contributed by atoms with Gasteiger partial charge >= 0.3 is 0 Å². The van der Waals surface area contributed by atoms with Gasteiger partial charge in [0.25, 0.3) is 0 Å². The van der Waals surface area contributed by atoms with Crippen LogP contribution in [0.25, 0.3) is 0 Å². The van der Waals surface area contributed by atoms with Crippen LogP contribution in [0.15, 0.2) is 12.2 Å². The molecule has 1 fully saturated rings. The molecule has 0 saturated heterocycles. The minimum absolute atomic E-state index is 0. The summed E-state index contributed by atoms with van der Waals surface area (Å²) in [5.41, 5.74) is -0.406. The molecule has 0 amide bonds. The first-order chi connectivity index (χ1) is 7.25. The molecular weight excluding hydrogens is 215 g/mol. The molecule has 100 valence electrons. The molecule has 1 nitrogen and oxygen atoms in total. The third kappa shape index (κ3) is 3.80. The minimum Gasteiger partial charge on any atom is -0.340 e. The van der Waals surface area contributed by atoms with Crippen molar-refractivity contribution in [1.82, 2.24) is 0 Å². The predicted octanol–water partition coefficient (Wildman–Crippen LogP) is 4.73. The minimum atomic E-state index is -1.48. The van der Waals surface area contributed by atoms with Gasteiger partial charge in [0.1, 0.15) is 0 Å². The van der Waals surface area contributed by atoms with Crippen LogP contribution in [0.3, 0.4) is 0 Å². The van der Waals surface area contributed by atoms with Gasteiger partial charge in [0.15, 0.2) is 0 Å². The van der Waals surface area contributed by atoms with E-state index in [4.69, 9.17) is 4.74 Å². The molecule has 2 aliphatic carbocycles. The van der Waals surface area contributed by atoms with E-state index in [0.29, 0.717) is 24.2 Å². The van der Waals surface area contributed by atoms with Crippen LogP contribution in [0.2, 0.25) is 0 Å². The van der Waals surface area contributed by atoms with E-state index in [2.05, 4.69) is 12.2 Å². The zero-order valence-electron chi connectivity index (χ0n) is 10.8. The summed E-state index contributed by atoms with van der Waals surface area (Å²) in [6.07, 6.45) is 7.48. The maximum Gasteiger partial charge on any atom is 0.207 e. The van der Waals surface area contributed by atoms with Crippen LogP contribution in [0.5, 0.6) is 0 Å². The standard InChI is InChI=1S/C14H23FO.CH4/c1-13(2,3)16-14(4,15)9-12-8-10-5-6-11(12)7-10;/h5-6,10-12H,7-9H2,1-4H3;1H4. The molecule has 2 heteroatoms. The molecule has 0 aromatic heterocycles. The number of halogens is 1. The zero-order chi connectivity index (χ0) is 12.0. The lowest BCUT2D eigenvalue weighted by Crippen LogP contribution is -2.36. The maximum absolute atomic E-state index is 14.3. The average Bonchev–Trinajstić information content (AvgIpc) is 2.57. The summed E-state index contributed by atoms with van der Waals surface area (Å²) in [6.45, 7) is 7.30. The zero-order valence-corrected chi connectivity index (χ0v) is 10.8. The number of hydrogen-bond acceptors (Lipinski definition) is 1. The lowest BCUT2D eigenvalue weighted by molar-refractivity contribution is -0.205. The highest BCUT2D eigenvalue weighted by molar-refractivity contribution is 5.10. The van der Waals surface area contributed by atoms with Crippen LogP contribution in [0, 0.1) is 17.8 Å². The van der Waals surface area contributed by atoms with Gasteiger partial charge in [0.05, 0.1) is 5.60 Å². The Hall–Kier alpha value is -0.370. The molecule has 0 aromatic carbocycles. The lowest BCUT2D eigenvalue weighted by atomic mass is 9.88. The van der Waals surface area contributed by atoms with Crippen molar-refractivity contribution in [2.45, 2.75) is 65.8 Å². The van der Waals surface area contributed by atoms with Crippen molar-refractivity contribution in [3.63, 3.8) is 0 Å². The van der Waals surface area contributed by atoms with Crippen LogP contribution in [0.1, 0.15) is 54.4 Å². The van der Waals surface area contributed by atoms with Crippen molar-refractivity contribution >= 4 is 0 Å². The Morgan fingerprint density at radius 1 is 1.18 bits per heavy atom. The SMILES string of the molecule is C.CC(C)(C)OC(C)(F)CC1CC2C=CC1C2. The molecule has 2 aliphatic rings. The van der Waals surface area contributed by atoms with Gasteiger partial charge in [-0.25, -0.2) is 4.39 Å². The van der Waals surface area contributed by atoms with Crippen molar-refractivity contribution in [3.05, 3.63) is 12.2 Å². The molecule has 0 aliphatic heterocycles. The molecule has 4 unspecified atom stereocenters. The smallest absolute Gasteiger partial charge is 0.207 e. The summed E-state index contributed by atoms with van der Waals surface area (Å²) in [4.78, 5) is 0. The third-order valence-corrected chi connectivity index (χ3v) is 3.56. The van der Waals surface area contributed by atoms with Crippen molar-refractivity contribution in [1.29, 1.82) is 0 Å². The number of rotatable bonds is 3. The van der Waals surface area contributed by atoms with E-state index in [9.17, 15) is 4.39 Å². The summed E-state index contributed by atoms with van der Waals surface area (Å²) >= 11 is 0. The highest BCUT2D eigenvalue weighted by Crippen LogP contribution is 2.47. The molecule has 0 spiro atoms. The predicted molar refractivity (Wildman–Crippen MR) is 70.5 cm³/mol. The Morgan fingerprint density at radius 3 is 2.24 bits per heavy atom. The van der Waals surface area contributed by atoms with Gasteiger partial charge in [0, 0.05) is 6.42 Å². The Kier molecular flexibility index (Phi) is 4.08. The number of alkyl halides is 1. The summed E-state index contributed by atoms with van der Waals surface area (Å²) in [7, 11) is 0. The van der Waals surface area contributed by atoms with Crippen LogP contribution < -0.4 is 0 Å². The van der Waals surface area contributed by atoms with Crippen LogP contribution >= 0.6 is 0 Å². The largest absolute Gasteiger partial charge is 0.340 e. The molecule has 0 aromatic rings. The summed E-state index contributed by atoms with van der Waals surface area (Å²) < 4.78 is 19.8. The summed E-state index contributed by atoms with van der Waals surface area (Å²) in [5, 5.41) is 0. The number of allylic oxidation sites excluding steroid dienone is 2. The van der Waals surface area contributed by atoms with E-state index >= 15 is 0 Å². The molecule has 2 bridgehead atoms. The average molecular weight is 242 g/mol. The second-order valence-electron chi connectivity index (χ2n) is 6.56. The maximum atomic E-state index is 14.3. The van der Waals surface area contributed by atoms with E-state index in [1.165, 1.54) is 6.42 Å². The van der Waals surface area contributed by atoms with Crippen molar-refractivity contribution in [3.8, 4) is 0 Å². The molecule has 4 atom stereocenters. The van der Waals surface area contributed by atoms with Crippen molar-refractivity contribution < 1.29 is 9.13 Å². The van der Waals surface area contributed by atoms with Gasteiger partial charge in [-0.1, -0.05) is 19.6 Å². The van der Waals surface area contributed by atoms with Gasteiger partial charge in [-0.05, 0) is 58.3 Å². The molecule has 0 radical (unpaired) electrons. The first-order valence-corrected chi connectivity index (χ1v) is 6.33. The highest BCUT2D eigenvalue weighted by Gasteiger charge is 2.41. The quantitative estimate of drug-likeness (QED) is 0.650. The summed E-state index contributed by atoms with van der Waals surface area (Å²) in [5.74, 6) is 0.303. The van der Waals surface area contributed by atoms with Gasteiger partial charge in [-0.2, -0.15) is 0 Å². The van der Waals surface area contributed by atoms with Gasteiger partial charge in [0.2, 0.25) is 5.85 Å². The first kappa shape index (κ1) is 14.7. The molecule has 17 heavy (non-hydrogen) atoms. The van der Waals surface area contributed by atoms with Crippen LogP contribution in [0.4, 0.5) is 4.39 Å². The Labute approximate surface area is 105 Å². The van der Waals surface area contributed by atoms with E-state index in [1.807, 2.05) is 20.8 Å². The summed E-state index contributed by atoms with van der Waals surface area (Å²) in [6, 6.07) is 0. The third-order valence-electron chi connectivity index (χ3n) is 3.56. The normalized spacial score (nSPS) is 34.5. The van der Waals surface area contributed by atoms with E-state index in [1.54, 1.807) is 6.92 Å².